The van der Waals surface area contributed by atoms with Crippen molar-refractivity contribution in [2.45, 2.75) is 6.18 Å². The lowest BCUT2D eigenvalue weighted by Crippen LogP contribution is -2.19. The second kappa shape index (κ2) is 5.37. The van der Waals surface area contributed by atoms with Gasteiger partial charge in [-0.05, 0) is 6.07 Å². The van der Waals surface area contributed by atoms with Gasteiger partial charge < -0.3 is 9.84 Å². The quantitative estimate of drug-likeness (QED) is 0.781. The van der Waals surface area contributed by atoms with E-state index in [4.69, 9.17) is 5.11 Å². The van der Waals surface area contributed by atoms with Gasteiger partial charge in [0.1, 0.15) is 12.4 Å². The van der Waals surface area contributed by atoms with Crippen LogP contribution in [-0.4, -0.2) is 29.5 Å². The highest BCUT2D eigenvalue weighted by Crippen LogP contribution is 2.18. The van der Waals surface area contributed by atoms with Crippen LogP contribution in [0, 0.1) is 11.8 Å². The monoisotopic (exact) mass is 231 g/mol. The fourth-order valence-electron chi connectivity index (χ4n) is 0.873. The Labute approximate surface area is 89.9 Å². The molecular weight excluding hydrogens is 223 g/mol. The molecule has 1 aromatic rings. The number of hydrogen-bond acceptors (Lipinski definition) is 3. The molecule has 1 aromatic heterocycles. The number of alkyl halides is 3. The Morgan fingerprint density at radius 1 is 1.38 bits per heavy atom. The van der Waals surface area contributed by atoms with Gasteiger partial charge in [-0.3, -0.25) is 4.98 Å². The largest absolute Gasteiger partial charge is 0.482 e. The Kier molecular flexibility index (Phi) is 4.14. The molecule has 1 N–H and O–H groups in total. The first kappa shape index (κ1) is 12.3. The molecular formula is C10H8F3NO2. The summed E-state index contributed by atoms with van der Waals surface area (Å²) in [5.74, 6) is 4.85. The van der Waals surface area contributed by atoms with Gasteiger partial charge in [0.2, 0.25) is 0 Å². The Hall–Kier alpha value is -1.74. The third kappa shape index (κ3) is 4.66. The van der Waals surface area contributed by atoms with Gasteiger partial charge in [0.15, 0.2) is 6.61 Å². The van der Waals surface area contributed by atoms with Crippen LogP contribution in [0.1, 0.15) is 5.56 Å². The molecule has 0 saturated carbocycles. The number of nitrogens with zero attached hydrogens (tertiary/aromatic N) is 1. The van der Waals surface area contributed by atoms with E-state index in [1.54, 1.807) is 0 Å². The summed E-state index contributed by atoms with van der Waals surface area (Å²) in [5.41, 5.74) is 0.383. The second-order valence-corrected chi connectivity index (χ2v) is 2.77. The molecule has 3 nitrogen and oxygen atoms in total. The highest BCUT2D eigenvalue weighted by atomic mass is 19.4. The van der Waals surface area contributed by atoms with E-state index in [2.05, 4.69) is 21.6 Å². The van der Waals surface area contributed by atoms with Crippen LogP contribution in [0.5, 0.6) is 5.75 Å². The SMILES string of the molecule is OCC#Cc1cncc(OCC(F)(F)F)c1. The number of aliphatic hydroxyl groups excluding tert-OH is 1. The molecule has 0 radical (unpaired) electrons. The summed E-state index contributed by atoms with van der Waals surface area (Å²) in [5, 5.41) is 8.43. The zero-order chi connectivity index (χ0) is 12.0. The van der Waals surface area contributed by atoms with Crippen molar-refractivity contribution in [3.8, 4) is 17.6 Å². The van der Waals surface area contributed by atoms with E-state index in [-0.39, 0.29) is 12.4 Å². The molecule has 0 unspecified atom stereocenters. The minimum Gasteiger partial charge on any atom is -0.482 e. The summed E-state index contributed by atoms with van der Waals surface area (Å²) in [4.78, 5) is 3.66. The fourth-order valence-corrected chi connectivity index (χ4v) is 0.873. The van der Waals surface area contributed by atoms with Gasteiger partial charge in [-0.2, -0.15) is 13.2 Å². The summed E-state index contributed by atoms with van der Waals surface area (Å²) in [6.45, 7) is -1.70. The van der Waals surface area contributed by atoms with E-state index < -0.39 is 12.8 Å². The molecule has 0 saturated heterocycles. The summed E-state index contributed by atoms with van der Waals surface area (Å²) in [6, 6.07) is 1.32. The zero-order valence-electron chi connectivity index (χ0n) is 8.08. The number of halogens is 3. The van der Waals surface area contributed by atoms with Crippen LogP contribution < -0.4 is 4.74 Å². The van der Waals surface area contributed by atoms with Crippen molar-refractivity contribution in [1.82, 2.24) is 4.98 Å². The maximum absolute atomic E-state index is 11.8. The summed E-state index contributed by atoms with van der Waals surface area (Å²) in [6.07, 6.45) is -1.86. The molecule has 0 aliphatic rings. The molecule has 0 aliphatic carbocycles. The van der Waals surface area contributed by atoms with Crippen LogP contribution in [0.25, 0.3) is 0 Å². The maximum Gasteiger partial charge on any atom is 0.422 e. The standard InChI is InChI=1S/C10H8F3NO2/c11-10(12,13)7-16-9-4-8(2-1-3-15)5-14-6-9/h4-6,15H,3,7H2. The first-order valence-electron chi connectivity index (χ1n) is 4.25. The molecule has 0 aliphatic heterocycles. The predicted molar refractivity (Wildman–Crippen MR) is 49.8 cm³/mol. The van der Waals surface area contributed by atoms with Crippen LogP contribution in [0.3, 0.4) is 0 Å². The van der Waals surface area contributed by atoms with Crippen LogP contribution in [0.2, 0.25) is 0 Å². The molecule has 16 heavy (non-hydrogen) atoms. The van der Waals surface area contributed by atoms with Gasteiger partial charge in [-0.1, -0.05) is 11.8 Å². The molecule has 1 heterocycles. The van der Waals surface area contributed by atoms with Gasteiger partial charge in [0.25, 0.3) is 0 Å². The van der Waals surface area contributed by atoms with E-state index in [1.165, 1.54) is 12.3 Å². The van der Waals surface area contributed by atoms with Gasteiger partial charge in [0, 0.05) is 11.8 Å². The fraction of sp³-hybridized carbons (Fsp3) is 0.300. The van der Waals surface area contributed by atoms with Gasteiger partial charge in [0.05, 0.1) is 6.20 Å². The van der Waals surface area contributed by atoms with Crippen molar-refractivity contribution in [2.75, 3.05) is 13.2 Å². The van der Waals surface area contributed by atoms with Crippen molar-refractivity contribution >= 4 is 0 Å². The molecule has 0 amide bonds. The van der Waals surface area contributed by atoms with Gasteiger partial charge in [-0.25, -0.2) is 0 Å². The zero-order valence-corrected chi connectivity index (χ0v) is 8.08. The lowest BCUT2D eigenvalue weighted by atomic mass is 10.3. The Bertz CT molecular complexity index is 407. The number of hydrogen-bond donors (Lipinski definition) is 1. The summed E-state index contributed by atoms with van der Waals surface area (Å²) < 4.78 is 40.0. The molecule has 0 aromatic carbocycles. The van der Waals surface area contributed by atoms with E-state index in [0.29, 0.717) is 5.56 Å². The highest BCUT2D eigenvalue weighted by molar-refractivity contribution is 5.36. The maximum atomic E-state index is 11.8. The molecule has 6 heteroatoms. The lowest BCUT2D eigenvalue weighted by molar-refractivity contribution is -0.153. The topological polar surface area (TPSA) is 42.4 Å². The predicted octanol–water partition coefficient (Wildman–Crippen LogP) is 1.37. The molecule has 1 rings (SSSR count). The second-order valence-electron chi connectivity index (χ2n) is 2.77. The Morgan fingerprint density at radius 3 is 2.75 bits per heavy atom. The number of aliphatic hydroxyl groups is 1. The van der Waals surface area contributed by atoms with Crippen LogP contribution in [0.4, 0.5) is 13.2 Å². The minimum absolute atomic E-state index is 0.0120. The van der Waals surface area contributed by atoms with Gasteiger partial charge >= 0.3 is 6.18 Å². The first-order valence-corrected chi connectivity index (χ1v) is 4.25. The normalized spacial score (nSPS) is 10.5. The highest BCUT2D eigenvalue weighted by Gasteiger charge is 2.28. The number of rotatable bonds is 2. The first-order chi connectivity index (χ1) is 7.51. The summed E-state index contributed by atoms with van der Waals surface area (Å²) in [7, 11) is 0. The van der Waals surface area contributed by atoms with E-state index in [9.17, 15) is 13.2 Å². The molecule has 0 spiro atoms. The molecule has 86 valence electrons. The van der Waals surface area contributed by atoms with Crippen molar-refractivity contribution in [3.05, 3.63) is 24.0 Å². The number of aromatic nitrogens is 1. The molecule has 0 fully saturated rings. The number of pyridine rings is 1. The summed E-state index contributed by atoms with van der Waals surface area (Å²) >= 11 is 0. The van der Waals surface area contributed by atoms with Crippen LogP contribution in [0.15, 0.2) is 18.5 Å². The minimum atomic E-state index is -4.38. The average molecular weight is 231 g/mol. The van der Waals surface area contributed by atoms with Crippen LogP contribution in [-0.2, 0) is 0 Å². The third-order valence-corrected chi connectivity index (χ3v) is 1.43. The molecule has 0 bridgehead atoms. The van der Waals surface area contributed by atoms with Crippen molar-refractivity contribution in [3.63, 3.8) is 0 Å². The van der Waals surface area contributed by atoms with Crippen molar-refractivity contribution in [1.29, 1.82) is 0 Å². The average Bonchev–Trinajstić information content (AvgIpc) is 2.23. The number of ether oxygens (including phenoxy) is 1. The Balaban J connectivity index is 2.68. The smallest absolute Gasteiger partial charge is 0.422 e. The van der Waals surface area contributed by atoms with E-state index in [0.717, 1.165) is 6.20 Å². The van der Waals surface area contributed by atoms with Gasteiger partial charge in [-0.15, -0.1) is 0 Å². The third-order valence-electron chi connectivity index (χ3n) is 1.43. The Morgan fingerprint density at radius 2 is 2.12 bits per heavy atom. The van der Waals surface area contributed by atoms with E-state index in [1.807, 2.05) is 0 Å². The van der Waals surface area contributed by atoms with Crippen molar-refractivity contribution in [2.24, 2.45) is 0 Å². The van der Waals surface area contributed by atoms with Crippen LogP contribution >= 0.6 is 0 Å². The van der Waals surface area contributed by atoms with E-state index >= 15 is 0 Å². The lowest BCUT2D eigenvalue weighted by Gasteiger charge is -2.08. The van der Waals surface area contributed by atoms with Crippen molar-refractivity contribution < 1.29 is 23.0 Å². The molecule has 0 atom stereocenters.